The van der Waals surface area contributed by atoms with Gasteiger partial charge in [0.25, 0.3) is 5.88 Å². The molecule has 2 unspecified atom stereocenters. The van der Waals surface area contributed by atoms with Crippen molar-refractivity contribution in [2.75, 3.05) is 13.2 Å². The van der Waals surface area contributed by atoms with E-state index in [-0.39, 0.29) is 41.5 Å². The van der Waals surface area contributed by atoms with E-state index in [1.54, 1.807) is 25.1 Å². The van der Waals surface area contributed by atoms with Gasteiger partial charge in [0.2, 0.25) is 0 Å². The average Bonchev–Trinajstić information content (AvgIpc) is 3.31. The van der Waals surface area contributed by atoms with E-state index in [0.29, 0.717) is 23.8 Å². The topological polar surface area (TPSA) is 88.4 Å². The van der Waals surface area contributed by atoms with E-state index in [4.69, 9.17) is 30.8 Å². The summed E-state index contributed by atoms with van der Waals surface area (Å²) in [4.78, 5) is 26.2. The summed E-state index contributed by atoms with van der Waals surface area (Å²) in [6.07, 6.45) is 6.38. The normalized spacial score (nSPS) is 18.3. The summed E-state index contributed by atoms with van der Waals surface area (Å²) >= 11 is 5.81. The standard InChI is InChI=1S/C32H31ClF2N4O4/c1-2-41-32(40)28-12-11-27-30(37-28)39(17-23-13-14-42-23)29(36-27)15-19-3-5-20(6-4-19)26-10-9-24(34)31(38-26)43-18-21-7-8-22(33)16-25(21)35/h5,7-12,16,19,23H,2-4,6,13-15,17-18H2,1H3. The Bertz CT molecular complexity index is 1690. The number of imidazole rings is 1. The van der Waals surface area contributed by atoms with Crippen molar-refractivity contribution >= 4 is 34.3 Å². The van der Waals surface area contributed by atoms with Gasteiger partial charge in [-0.2, -0.15) is 0 Å². The molecule has 11 heteroatoms. The van der Waals surface area contributed by atoms with Gasteiger partial charge in [0.05, 0.1) is 24.9 Å². The summed E-state index contributed by atoms with van der Waals surface area (Å²) in [5.41, 5.74) is 3.56. The Balaban J connectivity index is 1.17. The zero-order valence-electron chi connectivity index (χ0n) is 23.7. The van der Waals surface area contributed by atoms with Crippen LogP contribution in [0.5, 0.6) is 5.88 Å². The third-order valence-corrected chi connectivity index (χ3v) is 8.08. The third-order valence-electron chi connectivity index (χ3n) is 7.85. The lowest BCUT2D eigenvalue weighted by Gasteiger charge is -2.28. The fourth-order valence-electron chi connectivity index (χ4n) is 5.40. The fourth-order valence-corrected chi connectivity index (χ4v) is 5.56. The first kappa shape index (κ1) is 29.2. The van der Waals surface area contributed by atoms with Gasteiger partial charge in [-0.15, -0.1) is 0 Å². The van der Waals surface area contributed by atoms with Crippen LogP contribution in [-0.2, 0) is 29.0 Å². The number of ether oxygens (including phenoxy) is 3. The van der Waals surface area contributed by atoms with Gasteiger partial charge in [0, 0.05) is 23.6 Å². The average molecular weight is 609 g/mol. The molecule has 1 fully saturated rings. The van der Waals surface area contributed by atoms with Crippen molar-refractivity contribution in [2.45, 2.75) is 58.3 Å². The summed E-state index contributed by atoms with van der Waals surface area (Å²) in [5, 5.41) is 0.277. The number of benzene rings is 1. The molecule has 1 saturated heterocycles. The van der Waals surface area contributed by atoms with Crippen LogP contribution in [0.4, 0.5) is 8.78 Å². The number of rotatable bonds is 10. The van der Waals surface area contributed by atoms with Crippen molar-refractivity contribution in [2.24, 2.45) is 5.92 Å². The lowest BCUT2D eigenvalue weighted by atomic mass is 9.86. The van der Waals surface area contributed by atoms with Gasteiger partial charge in [-0.05, 0) is 80.5 Å². The number of hydrogen-bond acceptors (Lipinski definition) is 7. The van der Waals surface area contributed by atoms with E-state index in [9.17, 15) is 13.6 Å². The molecule has 0 saturated carbocycles. The van der Waals surface area contributed by atoms with Crippen molar-refractivity contribution in [1.29, 1.82) is 0 Å². The summed E-state index contributed by atoms with van der Waals surface area (Å²) < 4.78 is 47.1. The maximum atomic E-state index is 14.5. The van der Waals surface area contributed by atoms with Crippen molar-refractivity contribution in [3.63, 3.8) is 0 Å². The number of allylic oxidation sites excluding steroid dienone is 2. The van der Waals surface area contributed by atoms with E-state index < -0.39 is 17.6 Å². The monoisotopic (exact) mass is 608 g/mol. The third kappa shape index (κ3) is 6.55. The molecule has 0 bridgehead atoms. The maximum Gasteiger partial charge on any atom is 0.357 e. The largest absolute Gasteiger partial charge is 0.471 e. The molecule has 1 aromatic carbocycles. The minimum Gasteiger partial charge on any atom is -0.471 e. The molecule has 0 spiro atoms. The summed E-state index contributed by atoms with van der Waals surface area (Å²) in [7, 11) is 0. The molecule has 4 aromatic rings. The van der Waals surface area contributed by atoms with Crippen LogP contribution in [0.25, 0.3) is 16.7 Å². The Hall–Kier alpha value is -3.89. The van der Waals surface area contributed by atoms with Crippen LogP contribution < -0.4 is 4.74 Å². The number of hydrogen-bond donors (Lipinski definition) is 0. The van der Waals surface area contributed by atoms with E-state index in [1.165, 1.54) is 18.2 Å². The van der Waals surface area contributed by atoms with Crippen LogP contribution in [0.3, 0.4) is 0 Å². The number of carbonyl (C=O) groups is 1. The van der Waals surface area contributed by atoms with E-state index in [1.807, 2.05) is 6.07 Å². The first-order valence-corrected chi connectivity index (χ1v) is 14.8. The van der Waals surface area contributed by atoms with Crippen LogP contribution >= 0.6 is 11.6 Å². The molecule has 8 nitrogen and oxygen atoms in total. The zero-order valence-corrected chi connectivity index (χ0v) is 24.4. The Morgan fingerprint density at radius 2 is 1.95 bits per heavy atom. The zero-order chi connectivity index (χ0) is 29.9. The Morgan fingerprint density at radius 1 is 1.09 bits per heavy atom. The van der Waals surface area contributed by atoms with Crippen molar-refractivity contribution in [3.05, 3.63) is 88.0 Å². The molecule has 1 aliphatic carbocycles. The molecule has 0 N–H and O–H groups in total. The number of fused-ring (bicyclic) bond motifs is 1. The fraction of sp³-hybridized carbons (Fsp3) is 0.375. The molecule has 2 aliphatic rings. The first-order valence-electron chi connectivity index (χ1n) is 14.5. The summed E-state index contributed by atoms with van der Waals surface area (Å²) in [5.74, 6) is -0.517. The van der Waals surface area contributed by atoms with Crippen LogP contribution in [0, 0.1) is 17.6 Å². The van der Waals surface area contributed by atoms with Gasteiger partial charge in [-0.3, -0.25) is 0 Å². The van der Waals surface area contributed by atoms with Gasteiger partial charge >= 0.3 is 5.97 Å². The van der Waals surface area contributed by atoms with Crippen LogP contribution in [-0.4, -0.2) is 44.8 Å². The van der Waals surface area contributed by atoms with Gasteiger partial charge in [-0.1, -0.05) is 23.7 Å². The molecule has 0 amide bonds. The Labute approximate surface area is 252 Å². The second kappa shape index (κ2) is 12.8. The quantitative estimate of drug-likeness (QED) is 0.184. The number of aromatic nitrogens is 4. The minimum absolute atomic E-state index is 0.0965. The highest BCUT2D eigenvalue weighted by Gasteiger charge is 2.26. The van der Waals surface area contributed by atoms with Crippen LogP contribution in [0.15, 0.2) is 48.5 Å². The first-order chi connectivity index (χ1) is 20.9. The number of esters is 1. The molecule has 1 aliphatic heterocycles. The number of carbonyl (C=O) groups excluding carboxylic acids is 1. The Morgan fingerprint density at radius 3 is 2.67 bits per heavy atom. The molecule has 0 radical (unpaired) electrons. The molecular formula is C32H31ClF2N4O4. The van der Waals surface area contributed by atoms with Crippen molar-refractivity contribution in [3.8, 4) is 5.88 Å². The second-order valence-corrected chi connectivity index (χ2v) is 11.2. The Kier molecular flexibility index (Phi) is 8.67. The van der Waals surface area contributed by atoms with Gasteiger partial charge in [0.1, 0.15) is 23.8 Å². The van der Waals surface area contributed by atoms with Crippen molar-refractivity contribution < 1.29 is 27.8 Å². The van der Waals surface area contributed by atoms with E-state index in [0.717, 1.165) is 55.6 Å². The molecule has 4 heterocycles. The highest BCUT2D eigenvalue weighted by molar-refractivity contribution is 6.30. The lowest BCUT2D eigenvalue weighted by Crippen LogP contribution is -2.32. The van der Waals surface area contributed by atoms with E-state index in [2.05, 4.69) is 20.6 Å². The smallest absolute Gasteiger partial charge is 0.357 e. The SMILES string of the molecule is CCOC(=O)c1ccc2nc(CC3CC=C(c4ccc(F)c(OCc5ccc(Cl)cc5F)n4)CC3)n(CC3CCO3)c2n1. The van der Waals surface area contributed by atoms with Gasteiger partial charge < -0.3 is 18.8 Å². The van der Waals surface area contributed by atoms with Crippen LogP contribution in [0.1, 0.15) is 60.2 Å². The molecule has 2 atom stereocenters. The highest BCUT2D eigenvalue weighted by Crippen LogP contribution is 2.33. The predicted molar refractivity (Wildman–Crippen MR) is 157 cm³/mol. The molecule has 6 rings (SSSR count). The summed E-state index contributed by atoms with van der Waals surface area (Å²) in [6, 6.07) is 10.7. The second-order valence-electron chi connectivity index (χ2n) is 10.8. The highest BCUT2D eigenvalue weighted by atomic mass is 35.5. The molecule has 43 heavy (non-hydrogen) atoms. The van der Waals surface area contributed by atoms with Gasteiger partial charge in [-0.25, -0.2) is 28.5 Å². The number of halogens is 3. The molecule has 3 aromatic heterocycles. The van der Waals surface area contributed by atoms with Crippen LogP contribution in [0.2, 0.25) is 5.02 Å². The minimum atomic E-state index is -0.610. The van der Waals surface area contributed by atoms with Crippen molar-refractivity contribution in [1.82, 2.24) is 19.5 Å². The number of nitrogens with zero attached hydrogens (tertiary/aromatic N) is 4. The summed E-state index contributed by atoms with van der Waals surface area (Å²) in [6.45, 7) is 3.25. The maximum absolute atomic E-state index is 14.5. The van der Waals surface area contributed by atoms with E-state index >= 15 is 0 Å². The van der Waals surface area contributed by atoms with Gasteiger partial charge in [0.15, 0.2) is 17.2 Å². The molecule has 224 valence electrons. The number of pyridine rings is 2. The molecular weight excluding hydrogens is 578 g/mol. The predicted octanol–water partition coefficient (Wildman–Crippen LogP) is 6.73. The lowest BCUT2D eigenvalue weighted by molar-refractivity contribution is -0.0591.